The van der Waals surface area contributed by atoms with Gasteiger partial charge in [0.05, 0.1) is 28.7 Å². The van der Waals surface area contributed by atoms with Crippen molar-refractivity contribution in [1.82, 2.24) is 0 Å². The molecule has 0 atom stereocenters. The molecule has 152 valence electrons. The second-order valence-electron chi connectivity index (χ2n) is 6.28. The quantitative estimate of drug-likeness (QED) is 0.332. The number of methoxy groups -OCH3 is 1. The zero-order valence-corrected chi connectivity index (χ0v) is 16.0. The number of ether oxygens (including phenoxy) is 1. The minimum absolute atomic E-state index is 0.0637. The molecule has 9 nitrogen and oxygen atoms in total. The van der Waals surface area contributed by atoms with E-state index < -0.39 is 15.5 Å². The number of anilines is 1. The van der Waals surface area contributed by atoms with Gasteiger partial charge >= 0.3 is 5.69 Å². The fourth-order valence-electron chi connectivity index (χ4n) is 2.78. The van der Waals surface area contributed by atoms with E-state index in [9.17, 15) is 20.2 Å². The van der Waals surface area contributed by atoms with Crippen LogP contribution in [0.4, 0.5) is 17.1 Å². The molecule has 0 aliphatic heterocycles. The Bertz CT molecular complexity index is 1080. The Hall–Kier alpha value is -4.27. The molecule has 0 saturated carbocycles. The van der Waals surface area contributed by atoms with Crippen molar-refractivity contribution in [3.63, 3.8) is 0 Å². The third-order valence-electron chi connectivity index (χ3n) is 4.34. The minimum Gasteiger partial charge on any atom is -0.497 e. The van der Waals surface area contributed by atoms with Crippen LogP contribution in [0.5, 0.6) is 5.75 Å². The van der Waals surface area contributed by atoms with Crippen molar-refractivity contribution in [2.24, 2.45) is 5.10 Å². The van der Waals surface area contributed by atoms with E-state index in [4.69, 9.17) is 4.74 Å². The average Bonchev–Trinajstić information content (AvgIpc) is 2.77. The molecule has 3 aromatic carbocycles. The fraction of sp³-hybridized carbons (Fsp3) is 0.0952. The summed E-state index contributed by atoms with van der Waals surface area (Å²) < 4.78 is 5.17. The maximum atomic E-state index is 11.3. The van der Waals surface area contributed by atoms with Gasteiger partial charge in [0.2, 0.25) is 0 Å². The third kappa shape index (κ3) is 4.96. The van der Waals surface area contributed by atoms with Gasteiger partial charge in [-0.1, -0.05) is 42.5 Å². The number of rotatable bonds is 8. The van der Waals surface area contributed by atoms with Crippen molar-refractivity contribution in [3.8, 4) is 5.75 Å². The SMILES string of the molecule is COc1ccc(C/C(=N\Nc2ccc([N+](=O)[O-])cc2[N+](=O)[O-])c2ccccc2)cc1. The van der Waals surface area contributed by atoms with Crippen molar-refractivity contribution in [1.29, 1.82) is 0 Å². The Morgan fingerprint density at radius 2 is 1.67 bits per heavy atom. The van der Waals surface area contributed by atoms with Gasteiger partial charge in [-0.05, 0) is 29.3 Å². The molecule has 0 aliphatic carbocycles. The molecule has 9 heteroatoms. The Balaban J connectivity index is 1.94. The largest absolute Gasteiger partial charge is 0.497 e. The predicted octanol–water partition coefficient (Wildman–Crippen LogP) is 4.57. The summed E-state index contributed by atoms with van der Waals surface area (Å²) >= 11 is 0. The second kappa shape index (κ2) is 9.28. The summed E-state index contributed by atoms with van der Waals surface area (Å²) in [5.41, 5.74) is 4.43. The van der Waals surface area contributed by atoms with Crippen LogP contribution >= 0.6 is 0 Å². The highest BCUT2D eigenvalue weighted by Crippen LogP contribution is 2.29. The van der Waals surface area contributed by atoms with Crippen LogP contribution in [0.1, 0.15) is 11.1 Å². The molecule has 1 N–H and O–H groups in total. The molecule has 0 bridgehead atoms. The van der Waals surface area contributed by atoms with E-state index in [1.54, 1.807) is 7.11 Å². The van der Waals surface area contributed by atoms with Gasteiger partial charge in [-0.3, -0.25) is 25.7 Å². The number of hydrazone groups is 1. The first-order chi connectivity index (χ1) is 14.5. The maximum Gasteiger partial charge on any atom is 0.301 e. The average molecular weight is 406 g/mol. The highest BCUT2D eigenvalue weighted by Gasteiger charge is 2.19. The maximum absolute atomic E-state index is 11.3. The number of nitro benzene ring substituents is 2. The molecule has 3 rings (SSSR count). The molecule has 3 aromatic rings. The van der Waals surface area contributed by atoms with Crippen molar-refractivity contribution in [2.75, 3.05) is 12.5 Å². The van der Waals surface area contributed by atoms with Gasteiger partial charge in [0.25, 0.3) is 5.69 Å². The van der Waals surface area contributed by atoms with E-state index in [0.717, 1.165) is 22.9 Å². The number of nitro groups is 2. The molecular formula is C21H18N4O5. The van der Waals surface area contributed by atoms with Crippen LogP contribution in [0.25, 0.3) is 0 Å². The number of benzene rings is 3. The Labute approximate surface area is 171 Å². The van der Waals surface area contributed by atoms with Gasteiger partial charge in [0, 0.05) is 12.5 Å². The van der Waals surface area contributed by atoms with E-state index in [-0.39, 0.29) is 11.4 Å². The summed E-state index contributed by atoms with van der Waals surface area (Å²) in [7, 11) is 1.59. The van der Waals surface area contributed by atoms with Crippen molar-refractivity contribution in [2.45, 2.75) is 6.42 Å². The number of hydrogen-bond donors (Lipinski definition) is 1. The Morgan fingerprint density at radius 3 is 2.27 bits per heavy atom. The Kier molecular flexibility index (Phi) is 6.33. The van der Waals surface area contributed by atoms with Crippen LogP contribution in [0.3, 0.4) is 0 Å². The molecule has 0 saturated heterocycles. The summed E-state index contributed by atoms with van der Waals surface area (Å²) in [4.78, 5) is 20.9. The number of hydrogen-bond acceptors (Lipinski definition) is 7. The minimum atomic E-state index is -0.684. The van der Waals surface area contributed by atoms with Gasteiger partial charge < -0.3 is 4.74 Å². The topological polar surface area (TPSA) is 120 Å². The highest BCUT2D eigenvalue weighted by molar-refractivity contribution is 6.02. The standard InChI is InChI=1S/C21H18N4O5/c1-30-18-10-7-15(8-11-18)13-20(16-5-3-2-4-6-16)23-22-19-12-9-17(24(26)27)14-21(19)25(28)29/h2-12,14,22H,13H2,1H3/b23-20+. The molecule has 0 heterocycles. The highest BCUT2D eigenvalue weighted by atomic mass is 16.6. The van der Waals surface area contributed by atoms with Crippen LogP contribution in [-0.4, -0.2) is 22.7 Å². The number of nitrogens with one attached hydrogen (secondary N) is 1. The molecule has 0 amide bonds. The zero-order valence-electron chi connectivity index (χ0n) is 16.0. The first kappa shape index (κ1) is 20.5. The lowest BCUT2D eigenvalue weighted by atomic mass is 10.0. The molecule has 0 unspecified atom stereocenters. The van der Waals surface area contributed by atoms with E-state index in [1.807, 2.05) is 54.6 Å². The molecule has 0 aliphatic rings. The van der Waals surface area contributed by atoms with E-state index >= 15 is 0 Å². The van der Waals surface area contributed by atoms with E-state index in [0.29, 0.717) is 12.1 Å². The normalized spacial score (nSPS) is 11.0. The summed E-state index contributed by atoms with van der Waals surface area (Å²) in [6.45, 7) is 0. The van der Waals surface area contributed by atoms with Crippen LogP contribution in [0.15, 0.2) is 77.9 Å². The molecule has 30 heavy (non-hydrogen) atoms. The summed E-state index contributed by atoms with van der Waals surface area (Å²) in [5.74, 6) is 0.733. The number of non-ortho nitro benzene ring substituents is 1. The van der Waals surface area contributed by atoms with Crippen LogP contribution in [0, 0.1) is 20.2 Å². The number of nitrogens with zero attached hydrogens (tertiary/aromatic N) is 3. The van der Waals surface area contributed by atoms with Gasteiger partial charge in [-0.15, -0.1) is 0 Å². The zero-order chi connectivity index (χ0) is 21.5. The lowest BCUT2D eigenvalue weighted by molar-refractivity contribution is -0.393. The summed E-state index contributed by atoms with van der Waals surface area (Å²) in [6.07, 6.45) is 0.460. The van der Waals surface area contributed by atoms with E-state index in [2.05, 4.69) is 10.5 Å². The summed E-state index contributed by atoms with van der Waals surface area (Å²) in [5, 5.41) is 26.6. The van der Waals surface area contributed by atoms with Crippen LogP contribution in [-0.2, 0) is 6.42 Å². The van der Waals surface area contributed by atoms with Gasteiger partial charge in [0.1, 0.15) is 11.4 Å². The van der Waals surface area contributed by atoms with Gasteiger partial charge in [-0.25, -0.2) is 0 Å². The molecule has 0 spiro atoms. The van der Waals surface area contributed by atoms with Gasteiger partial charge in [-0.2, -0.15) is 5.10 Å². The predicted molar refractivity (Wildman–Crippen MR) is 113 cm³/mol. The first-order valence-electron chi connectivity index (χ1n) is 8.91. The summed E-state index contributed by atoms with van der Waals surface area (Å²) in [6, 6.07) is 20.2. The molecular weight excluding hydrogens is 388 g/mol. The van der Waals surface area contributed by atoms with E-state index in [1.165, 1.54) is 12.1 Å². The smallest absolute Gasteiger partial charge is 0.301 e. The monoisotopic (exact) mass is 406 g/mol. The van der Waals surface area contributed by atoms with Crippen LogP contribution in [0.2, 0.25) is 0 Å². The van der Waals surface area contributed by atoms with Crippen molar-refractivity contribution in [3.05, 3.63) is 104 Å². The lowest BCUT2D eigenvalue weighted by Crippen LogP contribution is -2.09. The van der Waals surface area contributed by atoms with Crippen LogP contribution < -0.4 is 10.2 Å². The molecule has 0 radical (unpaired) electrons. The van der Waals surface area contributed by atoms with Crippen molar-refractivity contribution < 1.29 is 14.6 Å². The van der Waals surface area contributed by atoms with Crippen molar-refractivity contribution >= 4 is 22.8 Å². The Morgan fingerprint density at radius 1 is 0.967 bits per heavy atom. The third-order valence-corrected chi connectivity index (χ3v) is 4.34. The molecule has 0 aromatic heterocycles. The molecule has 0 fully saturated rings. The first-order valence-corrected chi connectivity index (χ1v) is 8.91. The van der Waals surface area contributed by atoms with Gasteiger partial charge in [0.15, 0.2) is 0 Å². The fourth-order valence-corrected chi connectivity index (χ4v) is 2.78. The lowest BCUT2D eigenvalue weighted by Gasteiger charge is -2.09. The second-order valence-corrected chi connectivity index (χ2v) is 6.28.